The highest BCUT2D eigenvalue weighted by atomic mass is 16.7. The fourth-order valence-electron chi connectivity index (χ4n) is 2.53. The van der Waals surface area contributed by atoms with Gasteiger partial charge in [-0.15, -0.1) is 0 Å². The van der Waals surface area contributed by atoms with E-state index < -0.39 is 24.4 Å². The Morgan fingerprint density at radius 2 is 1.83 bits per heavy atom. The second-order valence-electron chi connectivity index (χ2n) is 7.28. The number of rotatable bonds is 4. The minimum atomic E-state index is -0.514. The lowest BCUT2D eigenvalue weighted by Crippen LogP contribution is -2.41. The zero-order valence-electron chi connectivity index (χ0n) is 15.6. The van der Waals surface area contributed by atoms with Crippen LogP contribution in [0.5, 0.6) is 0 Å². The second-order valence-corrected chi connectivity index (χ2v) is 7.28. The summed E-state index contributed by atoms with van der Waals surface area (Å²) >= 11 is 0. The first-order valence-electron chi connectivity index (χ1n) is 8.37. The van der Waals surface area contributed by atoms with E-state index in [1.54, 1.807) is 26.2 Å². The van der Waals surface area contributed by atoms with Gasteiger partial charge >= 0.3 is 13.2 Å². The number of anilines is 1. The van der Waals surface area contributed by atoms with Crippen LogP contribution in [-0.4, -0.2) is 35.5 Å². The quantitative estimate of drug-likeness (QED) is 0.858. The maximum Gasteiger partial charge on any atom is 0.496 e. The predicted octanol–water partition coefficient (Wildman–Crippen LogP) is 2.90. The van der Waals surface area contributed by atoms with Crippen LogP contribution in [0.3, 0.4) is 0 Å². The van der Waals surface area contributed by atoms with Crippen molar-refractivity contribution in [3.63, 3.8) is 0 Å². The number of nitrogens with one attached hydrogen (secondary N) is 1. The molecule has 1 aromatic rings. The predicted molar refractivity (Wildman–Crippen MR) is 94.6 cm³/mol. The molecule has 1 aliphatic rings. The summed E-state index contributed by atoms with van der Waals surface area (Å²) in [7, 11) is -0.514. The van der Waals surface area contributed by atoms with E-state index in [0.717, 1.165) is 11.0 Å². The largest absolute Gasteiger partial charge is 0.496 e. The molecule has 0 saturated carbocycles. The van der Waals surface area contributed by atoms with Crippen molar-refractivity contribution in [3.05, 3.63) is 18.0 Å². The second kappa shape index (κ2) is 6.72. The minimum absolute atomic E-state index is 0.186. The van der Waals surface area contributed by atoms with E-state index in [2.05, 4.69) is 10.3 Å². The van der Waals surface area contributed by atoms with Gasteiger partial charge in [-0.05, 0) is 53.5 Å². The van der Waals surface area contributed by atoms with Crippen molar-refractivity contribution in [3.8, 4) is 0 Å². The third-order valence-electron chi connectivity index (χ3n) is 4.53. The van der Waals surface area contributed by atoms with Gasteiger partial charge in [0.15, 0.2) is 0 Å². The molecular formula is C17H27BN2O4. The van der Waals surface area contributed by atoms with Gasteiger partial charge in [0.1, 0.15) is 0 Å². The molecule has 0 bridgehead atoms. The lowest BCUT2D eigenvalue weighted by molar-refractivity contribution is 0.00578. The first-order chi connectivity index (χ1) is 11.1. The molecule has 0 radical (unpaired) electrons. The van der Waals surface area contributed by atoms with Crippen molar-refractivity contribution < 1.29 is 18.8 Å². The van der Waals surface area contributed by atoms with Crippen LogP contribution in [0.4, 0.5) is 10.5 Å². The van der Waals surface area contributed by atoms with E-state index in [1.165, 1.54) is 0 Å². The molecule has 0 aromatic carbocycles. The molecule has 1 amide bonds. The number of nitrogens with zero attached hydrogens (tertiary/aromatic N) is 1. The zero-order chi connectivity index (χ0) is 18.1. The van der Waals surface area contributed by atoms with E-state index in [0.29, 0.717) is 12.1 Å². The number of amides is 1. The van der Waals surface area contributed by atoms with E-state index in [4.69, 9.17) is 14.0 Å². The van der Waals surface area contributed by atoms with Gasteiger partial charge < -0.3 is 14.0 Å². The summed E-state index contributed by atoms with van der Waals surface area (Å²) in [6, 6.07) is 0. The van der Waals surface area contributed by atoms with Crippen LogP contribution in [-0.2, 0) is 20.5 Å². The van der Waals surface area contributed by atoms with Gasteiger partial charge in [-0.1, -0.05) is 6.92 Å². The molecule has 7 heteroatoms. The summed E-state index contributed by atoms with van der Waals surface area (Å²) in [6.07, 6.45) is 3.38. The van der Waals surface area contributed by atoms with Gasteiger partial charge in [0.25, 0.3) is 0 Å². The molecule has 1 saturated heterocycles. The molecule has 1 aromatic heterocycles. The third kappa shape index (κ3) is 3.73. The summed E-state index contributed by atoms with van der Waals surface area (Å²) in [5.41, 5.74) is 1.53. The van der Waals surface area contributed by atoms with Crippen molar-refractivity contribution in [2.75, 3.05) is 5.32 Å². The molecule has 6 nitrogen and oxygen atoms in total. The number of carbonyl (C=O) groups excluding carboxylic acids is 1. The maximum absolute atomic E-state index is 11.9. The zero-order valence-corrected chi connectivity index (χ0v) is 15.6. The smallest absolute Gasteiger partial charge is 0.447 e. The molecule has 0 spiro atoms. The van der Waals surface area contributed by atoms with Crippen molar-refractivity contribution in [2.45, 2.75) is 72.2 Å². The molecule has 24 heavy (non-hydrogen) atoms. The Morgan fingerprint density at radius 1 is 1.25 bits per heavy atom. The van der Waals surface area contributed by atoms with Crippen molar-refractivity contribution in [1.29, 1.82) is 0 Å². The highest BCUT2D eigenvalue weighted by Crippen LogP contribution is 2.37. The van der Waals surface area contributed by atoms with Crippen LogP contribution in [0.2, 0.25) is 0 Å². The highest BCUT2D eigenvalue weighted by molar-refractivity contribution is 6.62. The summed E-state index contributed by atoms with van der Waals surface area (Å²) in [6.45, 7) is 13.7. The molecule has 0 atom stereocenters. The van der Waals surface area contributed by atoms with Crippen LogP contribution in [0.25, 0.3) is 0 Å². The Hall–Kier alpha value is -1.60. The normalized spacial score (nSPS) is 18.8. The standard InChI is InChI=1S/C17H27BN2O4/c1-8-12-13(18-23-16(4,5)17(6,7)24-18)9-19-10-14(12)20-15(21)22-11(2)3/h9-11H,8H2,1-7H3,(H,20,21). The molecule has 132 valence electrons. The maximum atomic E-state index is 11.9. The Bertz CT molecular complexity index is 601. The SMILES string of the molecule is CCc1c(NC(=O)OC(C)C)cncc1B1OC(C)(C)C(C)(C)O1. The van der Waals surface area contributed by atoms with Crippen molar-refractivity contribution >= 4 is 24.4 Å². The third-order valence-corrected chi connectivity index (χ3v) is 4.53. The molecule has 1 fully saturated rings. The number of hydrogen-bond acceptors (Lipinski definition) is 5. The average Bonchev–Trinajstić information content (AvgIpc) is 2.66. The topological polar surface area (TPSA) is 69.7 Å². The van der Waals surface area contributed by atoms with E-state index in [-0.39, 0.29) is 6.10 Å². The Balaban J connectivity index is 2.29. The molecule has 0 aliphatic carbocycles. The monoisotopic (exact) mass is 334 g/mol. The van der Waals surface area contributed by atoms with Gasteiger partial charge in [-0.25, -0.2) is 4.79 Å². The Morgan fingerprint density at radius 3 is 2.33 bits per heavy atom. The van der Waals surface area contributed by atoms with Gasteiger partial charge in [0.05, 0.1) is 29.2 Å². The first kappa shape index (κ1) is 18.7. The van der Waals surface area contributed by atoms with E-state index >= 15 is 0 Å². The van der Waals surface area contributed by atoms with Gasteiger partial charge in [-0.2, -0.15) is 0 Å². The van der Waals surface area contributed by atoms with Gasteiger partial charge in [0.2, 0.25) is 0 Å². The first-order valence-corrected chi connectivity index (χ1v) is 8.37. The molecule has 2 rings (SSSR count). The number of ether oxygens (including phenoxy) is 1. The summed E-state index contributed by atoms with van der Waals surface area (Å²) in [4.78, 5) is 16.1. The van der Waals surface area contributed by atoms with Crippen LogP contribution in [0.1, 0.15) is 54.0 Å². The van der Waals surface area contributed by atoms with Crippen LogP contribution < -0.4 is 10.8 Å². The number of hydrogen-bond donors (Lipinski definition) is 1. The Kier molecular flexibility index (Phi) is 5.25. The average molecular weight is 334 g/mol. The summed E-state index contributed by atoms with van der Waals surface area (Å²) in [5.74, 6) is 0. The lowest BCUT2D eigenvalue weighted by atomic mass is 9.76. The summed E-state index contributed by atoms with van der Waals surface area (Å²) in [5, 5.41) is 2.76. The fraction of sp³-hybridized carbons (Fsp3) is 0.647. The molecule has 2 heterocycles. The molecule has 0 unspecified atom stereocenters. The van der Waals surface area contributed by atoms with E-state index in [1.807, 2.05) is 34.6 Å². The number of aromatic nitrogens is 1. The molecule has 1 aliphatic heterocycles. The Labute approximate surface area is 144 Å². The lowest BCUT2D eigenvalue weighted by Gasteiger charge is -2.32. The molecule has 1 N–H and O–H groups in total. The van der Waals surface area contributed by atoms with Crippen LogP contribution in [0, 0.1) is 0 Å². The van der Waals surface area contributed by atoms with Gasteiger partial charge in [0, 0.05) is 11.7 Å². The van der Waals surface area contributed by atoms with Crippen molar-refractivity contribution in [2.24, 2.45) is 0 Å². The minimum Gasteiger partial charge on any atom is -0.447 e. The number of pyridine rings is 1. The molecular weight excluding hydrogens is 307 g/mol. The fourth-order valence-corrected chi connectivity index (χ4v) is 2.53. The highest BCUT2D eigenvalue weighted by Gasteiger charge is 2.52. The number of carbonyl (C=O) groups is 1. The van der Waals surface area contributed by atoms with Crippen LogP contribution >= 0.6 is 0 Å². The van der Waals surface area contributed by atoms with E-state index in [9.17, 15) is 4.79 Å². The summed E-state index contributed by atoms with van der Waals surface area (Å²) < 4.78 is 17.4. The van der Waals surface area contributed by atoms with Gasteiger partial charge in [-0.3, -0.25) is 10.3 Å². The van der Waals surface area contributed by atoms with Crippen molar-refractivity contribution in [1.82, 2.24) is 4.98 Å². The van der Waals surface area contributed by atoms with Crippen LogP contribution in [0.15, 0.2) is 12.4 Å².